The first kappa shape index (κ1) is 22.5. The predicted octanol–water partition coefficient (Wildman–Crippen LogP) is 2.61. The molecule has 1 heterocycles. The van der Waals surface area contributed by atoms with Gasteiger partial charge < -0.3 is 19.3 Å². The molecule has 0 radical (unpaired) electrons. The number of methoxy groups -OCH3 is 2. The highest BCUT2D eigenvalue weighted by Crippen LogP contribution is 2.44. The number of carbonyl (C=O) groups excluding carboxylic acids is 3. The van der Waals surface area contributed by atoms with Crippen LogP contribution < -0.4 is 9.47 Å². The van der Waals surface area contributed by atoms with Gasteiger partial charge in [-0.25, -0.2) is 0 Å². The number of Topliss-reactive ketones (excluding diaryl/α,β-unsaturated/α-hetero) is 2. The number of likely N-dealkylation sites (tertiary alicyclic amines) is 1. The van der Waals surface area contributed by atoms with E-state index < -0.39 is 23.7 Å². The molecule has 1 fully saturated rings. The molecular formula is C24H28N2O5. The van der Waals surface area contributed by atoms with Crippen LogP contribution in [0.4, 0.5) is 0 Å². The van der Waals surface area contributed by atoms with Crippen molar-refractivity contribution in [1.29, 1.82) is 0 Å². The number of ketones is 2. The van der Waals surface area contributed by atoms with Crippen LogP contribution in [-0.2, 0) is 9.59 Å². The standard InChI is InChI=1S/C24H28N2O5/c1-25(2)14-9-15-26-20(17-12-8-13-18(30-3)23(17)31-4)19(22(28)24(26)29)21(27)16-10-6-5-7-11-16/h5-8,10-13,19-20H,9,14-15H2,1-4H3. The summed E-state index contributed by atoms with van der Waals surface area (Å²) in [5.74, 6) is -1.94. The number of nitrogens with zero attached hydrogens (tertiary/aromatic N) is 2. The van der Waals surface area contributed by atoms with Crippen LogP contribution in [-0.4, -0.2) is 68.7 Å². The van der Waals surface area contributed by atoms with Crippen molar-refractivity contribution in [2.45, 2.75) is 12.5 Å². The fraction of sp³-hybridized carbons (Fsp3) is 0.375. The first-order chi connectivity index (χ1) is 14.9. The molecule has 2 aromatic rings. The first-order valence-corrected chi connectivity index (χ1v) is 10.2. The molecule has 1 aliphatic heterocycles. The van der Waals surface area contributed by atoms with Gasteiger partial charge in [0.25, 0.3) is 5.91 Å². The summed E-state index contributed by atoms with van der Waals surface area (Å²) in [6.45, 7) is 1.10. The molecule has 31 heavy (non-hydrogen) atoms. The number of benzene rings is 2. The molecule has 2 aromatic carbocycles. The van der Waals surface area contributed by atoms with E-state index in [-0.39, 0.29) is 5.78 Å². The highest BCUT2D eigenvalue weighted by Gasteiger charge is 2.52. The Kier molecular flexibility index (Phi) is 7.07. The molecule has 2 atom stereocenters. The lowest BCUT2D eigenvalue weighted by molar-refractivity contribution is -0.140. The van der Waals surface area contributed by atoms with Gasteiger partial charge in [-0.3, -0.25) is 14.4 Å². The van der Waals surface area contributed by atoms with E-state index in [0.717, 1.165) is 6.54 Å². The van der Waals surface area contributed by atoms with E-state index in [1.807, 2.05) is 19.0 Å². The summed E-state index contributed by atoms with van der Waals surface area (Å²) < 4.78 is 11.0. The Bertz CT molecular complexity index is 958. The fourth-order valence-corrected chi connectivity index (χ4v) is 4.06. The summed E-state index contributed by atoms with van der Waals surface area (Å²) in [7, 11) is 6.92. The van der Waals surface area contributed by atoms with E-state index in [0.29, 0.717) is 35.6 Å². The Labute approximate surface area is 182 Å². The molecule has 7 nitrogen and oxygen atoms in total. The van der Waals surface area contributed by atoms with Crippen LogP contribution in [0.25, 0.3) is 0 Å². The molecule has 3 rings (SSSR count). The topological polar surface area (TPSA) is 76.2 Å². The second kappa shape index (κ2) is 9.75. The van der Waals surface area contributed by atoms with Crippen LogP contribution in [0.3, 0.4) is 0 Å². The Hall–Kier alpha value is -3.19. The maximum absolute atomic E-state index is 13.4. The van der Waals surface area contributed by atoms with Crippen LogP contribution in [0.15, 0.2) is 48.5 Å². The summed E-state index contributed by atoms with van der Waals surface area (Å²) in [5.41, 5.74) is 0.982. The third-order valence-corrected chi connectivity index (χ3v) is 5.50. The maximum atomic E-state index is 13.4. The zero-order valence-electron chi connectivity index (χ0n) is 18.3. The average molecular weight is 424 g/mol. The first-order valence-electron chi connectivity index (χ1n) is 10.2. The van der Waals surface area contributed by atoms with Crippen LogP contribution in [0.5, 0.6) is 11.5 Å². The van der Waals surface area contributed by atoms with E-state index in [2.05, 4.69) is 0 Å². The smallest absolute Gasteiger partial charge is 0.291 e. The van der Waals surface area contributed by atoms with Gasteiger partial charge >= 0.3 is 0 Å². The molecule has 7 heteroatoms. The second-order valence-electron chi connectivity index (χ2n) is 7.76. The minimum Gasteiger partial charge on any atom is -0.493 e. The van der Waals surface area contributed by atoms with Gasteiger partial charge in [0, 0.05) is 17.7 Å². The normalized spacial score (nSPS) is 18.5. The van der Waals surface area contributed by atoms with E-state index in [1.165, 1.54) is 19.1 Å². The van der Waals surface area contributed by atoms with Crippen molar-refractivity contribution < 1.29 is 23.9 Å². The van der Waals surface area contributed by atoms with Crippen molar-refractivity contribution in [3.63, 3.8) is 0 Å². The molecule has 1 amide bonds. The van der Waals surface area contributed by atoms with Gasteiger partial charge in [-0.05, 0) is 33.1 Å². The van der Waals surface area contributed by atoms with Crippen LogP contribution in [0.2, 0.25) is 0 Å². The number of carbonyl (C=O) groups is 3. The number of hydrogen-bond donors (Lipinski definition) is 0. The van der Waals surface area contributed by atoms with Gasteiger partial charge in [0.1, 0.15) is 5.92 Å². The number of rotatable bonds is 9. The molecule has 164 valence electrons. The fourth-order valence-electron chi connectivity index (χ4n) is 4.06. The second-order valence-corrected chi connectivity index (χ2v) is 7.76. The summed E-state index contributed by atoms with van der Waals surface area (Å²) in [5, 5.41) is 0. The zero-order valence-corrected chi connectivity index (χ0v) is 18.3. The molecule has 0 spiro atoms. The number of para-hydroxylation sites is 1. The molecule has 1 aliphatic rings. The lowest BCUT2D eigenvalue weighted by Crippen LogP contribution is -2.33. The van der Waals surface area contributed by atoms with Gasteiger partial charge in [-0.15, -0.1) is 0 Å². The Morgan fingerprint density at radius 3 is 2.32 bits per heavy atom. The van der Waals surface area contributed by atoms with E-state index in [9.17, 15) is 14.4 Å². The van der Waals surface area contributed by atoms with E-state index in [1.54, 1.807) is 48.5 Å². The predicted molar refractivity (Wildman–Crippen MR) is 116 cm³/mol. The molecule has 0 bridgehead atoms. The molecule has 0 aliphatic carbocycles. The molecule has 0 N–H and O–H groups in total. The Morgan fingerprint density at radius 2 is 1.71 bits per heavy atom. The largest absolute Gasteiger partial charge is 0.493 e. The molecule has 0 saturated carbocycles. The summed E-state index contributed by atoms with van der Waals surface area (Å²) in [4.78, 5) is 43.0. The molecule has 1 saturated heterocycles. The van der Waals surface area contributed by atoms with Crippen LogP contribution >= 0.6 is 0 Å². The van der Waals surface area contributed by atoms with Gasteiger partial charge in [-0.1, -0.05) is 42.5 Å². The molecular weight excluding hydrogens is 396 g/mol. The number of amides is 1. The summed E-state index contributed by atoms with van der Waals surface area (Å²) >= 11 is 0. The minimum absolute atomic E-state index is 0.354. The Balaban J connectivity index is 2.10. The molecule has 0 aromatic heterocycles. The van der Waals surface area contributed by atoms with Crippen molar-refractivity contribution in [2.24, 2.45) is 5.92 Å². The van der Waals surface area contributed by atoms with Gasteiger partial charge in [0.15, 0.2) is 17.3 Å². The highest BCUT2D eigenvalue weighted by atomic mass is 16.5. The SMILES string of the molecule is COc1cccc(C2C(C(=O)c3ccccc3)C(=O)C(=O)N2CCCN(C)C)c1OC. The summed E-state index contributed by atoms with van der Waals surface area (Å²) in [6.07, 6.45) is 0.668. The van der Waals surface area contributed by atoms with Gasteiger partial charge in [0.2, 0.25) is 5.78 Å². The van der Waals surface area contributed by atoms with Crippen molar-refractivity contribution >= 4 is 17.5 Å². The Morgan fingerprint density at radius 1 is 1.00 bits per heavy atom. The summed E-state index contributed by atoms with van der Waals surface area (Å²) in [6, 6.07) is 13.1. The number of hydrogen-bond acceptors (Lipinski definition) is 6. The van der Waals surface area contributed by atoms with Crippen LogP contribution in [0, 0.1) is 5.92 Å². The molecule has 2 unspecified atom stereocenters. The minimum atomic E-state index is -1.14. The van der Waals surface area contributed by atoms with Crippen LogP contribution in [0.1, 0.15) is 28.4 Å². The monoisotopic (exact) mass is 424 g/mol. The lowest BCUT2D eigenvalue weighted by Gasteiger charge is -2.29. The lowest BCUT2D eigenvalue weighted by atomic mass is 9.86. The van der Waals surface area contributed by atoms with Crippen molar-refractivity contribution in [3.05, 3.63) is 59.7 Å². The van der Waals surface area contributed by atoms with E-state index in [4.69, 9.17) is 9.47 Å². The van der Waals surface area contributed by atoms with Crippen molar-refractivity contribution in [3.8, 4) is 11.5 Å². The third kappa shape index (κ3) is 4.46. The number of ether oxygens (including phenoxy) is 2. The average Bonchev–Trinajstić information content (AvgIpc) is 3.03. The van der Waals surface area contributed by atoms with E-state index >= 15 is 0 Å². The van der Waals surface area contributed by atoms with Gasteiger partial charge in [-0.2, -0.15) is 0 Å². The zero-order chi connectivity index (χ0) is 22.5. The van der Waals surface area contributed by atoms with Crippen molar-refractivity contribution in [2.75, 3.05) is 41.4 Å². The van der Waals surface area contributed by atoms with Gasteiger partial charge in [0.05, 0.1) is 20.3 Å². The third-order valence-electron chi connectivity index (χ3n) is 5.50. The van der Waals surface area contributed by atoms with Crippen molar-refractivity contribution in [1.82, 2.24) is 9.80 Å². The highest BCUT2D eigenvalue weighted by molar-refractivity contribution is 6.44. The quantitative estimate of drug-likeness (QED) is 0.350. The maximum Gasteiger partial charge on any atom is 0.291 e.